The van der Waals surface area contributed by atoms with Gasteiger partial charge in [-0.2, -0.15) is 0 Å². The minimum absolute atomic E-state index is 0.0438. The molecule has 19 heavy (non-hydrogen) atoms. The maximum atomic E-state index is 12.3. The molecule has 0 atom stereocenters. The van der Waals surface area contributed by atoms with Crippen molar-refractivity contribution in [3.8, 4) is 0 Å². The van der Waals surface area contributed by atoms with Crippen molar-refractivity contribution in [3.05, 3.63) is 33.8 Å². The molecule has 1 amide bonds. The fourth-order valence-electron chi connectivity index (χ4n) is 2.11. The van der Waals surface area contributed by atoms with Crippen LogP contribution in [0.4, 0.5) is 0 Å². The first-order valence-corrected chi connectivity index (χ1v) is 8.06. The Hall–Kier alpha value is -1.07. The summed E-state index contributed by atoms with van der Waals surface area (Å²) in [5.74, 6) is 0.0438. The summed E-state index contributed by atoms with van der Waals surface area (Å²) in [5.41, 5.74) is 1.87. The number of carbonyl (C=O) groups excluding carboxylic acids is 1. The molecule has 1 aliphatic rings. The minimum atomic E-state index is 0.0438. The monoisotopic (exact) mass is 338 g/mol. The van der Waals surface area contributed by atoms with E-state index in [1.165, 1.54) is 0 Å². The fourth-order valence-corrected chi connectivity index (χ4v) is 3.80. The Morgan fingerprint density at radius 1 is 1.63 bits per heavy atom. The van der Waals surface area contributed by atoms with Gasteiger partial charge in [0.2, 0.25) is 0 Å². The summed E-state index contributed by atoms with van der Waals surface area (Å²) < 4.78 is 4.29. The molecule has 1 fully saturated rings. The highest BCUT2D eigenvalue weighted by atomic mass is 79.9. The van der Waals surface area contributed by atoms with Gasteiger partial charge < -0.3 is 9.88 Å². The summed E-state index contributed by atoms with van der Waals surface area (Å²) in [7, 11) is 0. The Kier molecular flexibility index (Phi) is 3.50. The normalized spacial score (nSPS) is 15.5. The van der Waals surface area contributed by atoms with Gasteiger partial charge in [0, 0.05) is 18.0 Å². The van der Waals surface area contributed by atoms with E-state index in [0.29, 0.717) is 6.04 Å². The molecule has 0 bridgehead atoms. The highest BCUT2D eigenvalue weighted by molar-refractivity contribution is 9.10. The van der Waals surface area contributed by atoms with Crippen LogP contribution in [0.15, 0.2) is 28.1 Å². The van der Waals surface area contributed by atoms with Gasteiger partial charge in [-0.25, -0.2) is 0 Å². The van der Waals surface area contributed by atoms with Crippen LogP contribution < -0.4 is 5.32 Å². The number of hydrogen-bond donors (Lipinski definition) is 1. The highest BCUT2D eigenvalue weighted by Gasteiger charge is 2.26. The molecule has 0 aliphatic heterocycles. The number of nitrogens with one attached hydrogen (secondary N) is 1. The van der Waals surface area contributed by atoms with Gasteiger partial charge in [0.25, 0.3) is 5.91 Å². The molecule has 100 valence electrons. The lowest BCUT2D eigenvalue weighted by Crippen LogP contribution is -2.27. The summed E-state index contributed by atoms with van der Waals surface area (Å²) in [6.45, 7) is 2.72. The Labute approximate surface area is 124 Å². The molecular formula is C14H15BrN2OS. The number of nitrogens with zero attached hydrogens (tertiary/aromatic N) is 1. The molecule has 2 aromatic heterocycles. The van der Waals surface area contributed by atoms with Crippen molar-refractivity contribution >= 4 is 43.4 Å². The number of rotatable bonds is 4. The molecular weight excluding hydrogens is 324 g/mol. The van der Waals surface area contributed by atoms with Crippen LogP contribution in [0.3, 0.4) is 0 Å². The number of thiophene rings is 1. The second-order valence-electron chi connectivity index (χ2n) is 4.75. The first-order chi connectivity index (χ1) is 9.20. The Bertz CT molecular complexity index is 652. The predicted molar refractivity (Wildman–Crippen MR) is 82.8 cm³/mol. The van der Waals surface area contributed by atoms with E-state index >= 15 is 0 Å². The molecule has 0 unspecified atom stereocenters. The SMILES string of the molecule is CC=CCn1c(C(=O)NC2CC2)cc2scc(Br)c21. The third-order valence-electron chi connectivity index (χ3n) is 3.25. The molecule has 1 aliphatic carbocycles. The number of fused-ring (bicyclic) bond motifs is 1. The Morgan fingerprint density at radius 2 is 2.42 bits per heavy atom. The van der Waals surface area contributed by atoms with Crippen molar-refractivity contribution in [2.45, 2.75) is 32.4 Å². The zero-order chi connectivity index (χ0) is 13.4. The van der Waals surface area contributed by atoms with Gasteiger partial charge in [0.05, 0.1) is 14.7 Å². The summed E-state index contributed by atoms with van der Waals surface area (Å²) in [5, 5.41) is 5.13. The predicted octanol–water partition coefficient (Wildman–Crippen LogP) is 3.93. The maximum absolute atomic E-state index is 12.3. The molecule has 5 heteroatoms. The van der Waals surface area contributed by atoms with E-state index in [1.807, 2.05) is 19.1 Å². The first kappa shape index (κ1) is 12.9. The number of allylic oxidation sites excluding steroid dienone is 2. The van der Waals surface area contributed by atoms with Crippen LogP contribution in [0, 0.1) is 0 Å². The van der Waals surface area contributed by atoms with E-state index in [4.69, 9.17) is 0 Å². The molecule has 3 rings (SSSR count). The van der Waals surface area contributed by atoms with E-state index in [0.717, 1.165) is 39.8 Å². The summed E-state index contributed by atoms with van der Waals surface area (Å²) in [6, 6.07) is 2.38. The van der Waals surface area contributed by atoms with Crippen molar-refractivity contribution in [1.29, 1.82) is 0 Å². The zero-order valence-corrected chi connectivity index (χ0v) is 13.1. The fraction of sp³-hybridized carbons (Fsp3) is 0.357. The molecule has 2 aromatic rings. The average Bonchev–Trinajstić information content (AvgIpc) is 3.01. The van der Waals surface area contributed by atoms with Crippen molar-refractivity contribution in [1.82, 2.24) is 9.88 Å². The van der Waals surface area contributed by atoms with Crippen molar-refractivity contribution in [3.63, 3.8) is 0 Å². The lowest BCUT2D eigenvalue weighted by molar-refractivity contribution is 0.0942. The smallest absolute Gasteiger partial charge is 0.268 e. The lowest BCUT2D eigenvalue weighted by atomic mass is 10.4. The second-order valence-corrected chi connectivity index (χ2v) is 6.52. The van der Waals surface area contributed by atoms with E-state index in [1.54, 1.807) is 11.3 Å². The summed E-state index contributed by atoms with van der Waals surface area (Å²) >= 11 is 5.23. The number of amides is 1. The van der Waals surface area contributed by atoms with Crippen LogP contribution in [0.2, 0.25) is 0 Å². The van der Waals surface area contributed by atoms with Gasteiger partial charge in [0.1, 0.15) is 5.69 Å². The van der Waals surface area contributed by atoms with Crippen molar-refractivity contribution in [2.24, 2.45) is 0 Å². The number of halogens is 1. The Balaban J connectivity index is 2.03. The molecule has 1 N–H and O–H groups in total. The van der Waals surface area contributed by atoms with Crippen LogP contribution >= 0.6 is 27.3 Å². The van der Waals surface area contributed by atoms with Crippen LogP contribution in [-0.4, -0.2) is 16.5 Å². The standard InChI is InChI=1S/C14H15BrN2OS/c1-2-3-6-17-11(14(18)16-9-4-5-9)7-12-13(17)10(15)8-19-12/h2-3,7-9H,4-6H2,1H3,(H,16,18). The van der Waals surface area contributed by atoms with E-state index in [9.17, 15) is 4.79 Å². The lowest BCUT2D eigenvalue weighted by Gasteiger charge is -2.08. The van der Waals surface area contributed by atoms with Gasteiger partial charge in [0.15, 0.2) is 0 Å². The molecule has 3 nitrogen and oxygen atoms in total. The topological polar surface area (TPSA) is 34.0 Å². The van der Waals surface area contributed by atoms with Crippen LogP contribution in [0.25, 0.3) is 10.2 Å². The average molecular weight is 339 g/mol. The number of aromatic nitrogens is 1. The number of hydrogen-bond acceptors (Lipinski definition) is 2. The largest absolute Gasteiger partial charge is 0.348 e. The van der Waals surface area contributed by atoms with Gasteiger partial charge in [-0.1, -0.05) is 12.2 Å². The first-order valence-electron chi connectivity index (χ1n) is 6.39. The summed E-state index contributed by atoms with van der Waals surface area (Å²) in [4.78, 5) is 12.3. The molecule has 2 heterocycles. The molecule has 0 spiro atoms. The summed E-state index contributed by atoms with van der Waals surface area (Å²) in [6.07, 6.45) is 6.30. The van der Waals surface area contributed by atoms with E-state index in [2.05, 4.69) is 37.3 Å². The minimum Gasteiger partial charge on any atom is -0.348 e. The van der Waals surface area contributed by atoms with Gasteiger partial charge in [-0.05, 0) is 41.8 Å². The third kappa shape index (κ3) is 2.49. The van der Waals surface area contributed by atoms with Crippen molar-refractivity contribution < 1.29 is 4.79 Å². The molecule has 1 saturated carbocycles. The maximum Gasteiger partial charge on any atom is 0.268 e. The second kappa shape index (κ2) is 5.13. The Morgan fingerprint density at radius 3 is 3.11 bits per heavy atom. The van der Waals surface area contributed by atoms with Crippen LogP contribution in [-0.2, 0) is 6.54 Å². The van der Waals surface area contributed by atoms with E-state index < -0.39 is 0 Å². The van der Waals surface area contributed by atoms with Crippen LogP contribution in [0.1, 0.15) is 30.3 Å². The van der Waals surface area contributed by atoms with Crippen LogP contribution in [0.5, 0.6) is 0 Å². The molecule has 0 aromatic carbocycles. The molecule has 0 saturated heterocycles. The third-order valence-corrected chi connectivity index (χ3v) is 5.07. The van der Waals surface area contributed by atoms with Gasteiger partial charge in [-0.3, -0.25) is 4.79 Å². The van der Waals surface area contributed by atoms with Gasteiger partial charge >= 0.3 is 0 Å². The zero-order valence-electron chi connectivity index (χ0n) is 10.6. The van der Waals surface area contributed by atoms with E-state index in [-0.39, 0.29) is 5.91 Å². The van der Waals surface area contributed by atoms with Crippen molar-refractivity contribution in [2.75, 3.05) is 0 Å². The quantitative estimate of drug-likeness (QED) is 0.842. The van der Waals surface area contributed by atoms with Gasteiger partial charge in [-0.15, -0.1) is 11.3 Å². The number of carbonyl (C=O) groups is 1. The molecule has 0 radical (unpaired) electrons. The highest BCUT2D eigenvalue weighted by Crippen LogP contribution is 2.33.